The fourth-order valence-corrected chi connectivity index (χ4v) is 7.24. The standard InChI is InChI=1S/C33H38FN5O2/c1-20-7-5-11-28(34)30(20)33(41)39-29-12-6-8-23(29)17-27(32(40)38-26-18-35-21(2)36-19-26)31(39)22-13-15-25(16-14-22)37-24-9-3-4-10-24/h5,7,11,13-16,18-19,23-24,27,29,31,37H,3-4,6,8-10,12,17H2,1-2H3,(H,38,40). The van der Waals surface area contributed by atoms with Gasteiger partial charge < -0.3 is 15.5 Å². The number of piperidine rings is 1. The molecular formula is C33H38FN5O2. The number of aromatic nitrogens is 2. The van der Waals surface area contributed by atoms with Crippen LogP contribution in [0.3, 0.4) is 0 Å². The number of carbonyl (C=O) groups excluding carboxylic acids is 2. The molecule has 2 aromatic carbocycles. The van der Waals surface area contributed by atoms with Gasteiger partial charge in [0.1, 0.15) is 11.6 Å². The Bertz CT molecular complexity index is 1380. The highest BCUT2D eigenvalue weighted by atomic mass is 19.1. The molecule has 3 aliphatic rings. The second-order valence-electron chi connectivity index (χ2n) is 11.9. The van der Waals surface area contributed by atoms with Crippen LogP contribution in [0.5, 0.6) is 0 Å². The van der Waals surface area contributed by atoms with Crippen molar-refractivity contribution in [2.75, 3.05) is 10.6 Å². The number of fused-ring (bicyclic) bond motifs is 1. The summed E-state index contributed by atoms with van der Waals surface area (Å²) in [5, 5.41) is 6.64. The molecule has 214 valence electrons. The van der Waals surface area contributed by atoms with Gasteiger partial charge in [0.15, 0.2) is 0 Å². The zero-order chi connectivity index (χ0) is 28.5. The van der Waals surface area contributed by atoms with Gasteiger partial charge in [-0.25, -0.2) is 14.4 Å². The fourth-order valence-electron chi connectivity index (χ4n) is 7.24. The average Bonchev–Trinajstić information content (AvgIpc) is 3.66. The van der Waals surface area contributed by atoms with E-state index in [4.69, 9.17) is 0 Å². The molecule has 4 atom stereocenters. The number of hydrogen-bond donors (Lipinski definition) is 2. The first-order valence-electron chi connectivity index (χ1n) is 14.9. The van der Waals surface area contributed by atoms with E-state index in [-0.39, 0.29) is 29.3 Å². The summed E-state index contributed by atoms with van der Waals surface area (Å²) in [5.74, 6) is -0.759. The third-order valence-corrected chi connectivity index (χ3v) is 9.25. The number of aryl methyl sites for hydroxylation is 2. The van der Waals surface area contributed by atoms with Crippen molar-refractivity contribution in [1.82, 2.24) is 14.9 Å². The zero-order valence-corrected chi connectivity index (χ0v) is 23.8. The second-order valence-corrected chi connectivity index (χ2v) is 11.9. The molecule has 3 fully saturated rings. The predicted molar refractivity (Wildman–Crippen MR) is 157 cm³/mol. The number of likely N-dealkylation sites (tertiary alicyclic amines) is 1. The molecule has 2 heterocycles. The Balaban J connectivity index is 1.39. The van der Waals surface area contributed by atoms with E-state index in [2.05, 4.69) is 20.6 Å². The Morgan fingerprint density at radius 2 is 1.63 bits per heavy atom. The molecule has 2 amide bonds. The van der Waals surface area contributed by atoms with Gasteiger partial charge in [-0.3, -0.25) is 9.59 Å². The molecular weight excluding hydrogens is 517 g/mol. The smallest absolute Gasteiger partial charge is 0.257 e. The molecule has 4 unspecified atom stereocenters. The van der Waals surface area contributed by atoms with Gasteiger partial charge in [-0.05, 0) is 81.2 Å². The number of benzene rings is 2. The molecule has 0 bridgehead atoms. The summed E-state index contributed by atoms with van der Waals surface area (Å²) in [5.41, 5.74) is 3.14. The SMILES string of the molecule is Cc1ncc(NC(=O)C2CC3CCCC3N(C(=O)c3c(C)cccc3F)C2c2ccc(NC3CCCC3)cc2)cn1. The number of hydrogen-bond acceptors (Lipinski definition) is 5. The van der Waals surface area contributed by atoms with Crippen molar-refractivity contribution in [2.45, 2.75) is 83.3 Å². The van der Waals surface area contributed by atoms with Crippen LogP contribution in [-0.4, -0.2) is 38.8 Å². The average molecular weight is 556 g/mol. The number of rotatable bonds is 6. The lowest BCUT2D eigenvalue weighted by Crippen LogP contribution is -2.54. The first kappa shape index (κ1) is 27.4. The molecule has 6 rings (SSSR count). The molecule has 2 N–H and O–H groups in total. The first-order valence-corrected chi connectivity index (χ1v) is 14.9. The second kappa shape index (κ2) is 11.6. The van der Waals surface area contributed by atoms with Crippen LogP contribution in [0.25, 0.3) is 0 Å². The number of nitrogens with one attached hydrogen (secondary N) is 2. The van der Waals surface area contributed by atoms with E-state index < -0.39 is 17.8 Å². The van der Waals surface area contributed by atoms with Crippen LogP contribution in [0, 0.1) is 31.5 Å². The first-order chi connectivity index (χ1) is 19.9. The van der Waals surface area contributed by atoms with E-state index >= 15 is 4.39 Å². The van der Waals surface area contributed by atoms with Crippen molar-refractivity contribution in [3.05, 3.63) is 83.2 Å². The summed E-state index contributed by atoms with van der Waals surface area (Å²) in [6, 6.07) is 12.8. The summed E-state index contributed by atoms with van der Waals surface area (Å²) >= 11 is 0. The summed E-state index contributed by atoms with van der Waals surface area (Å²) in [7, 11) is 0. The minimum absolute atomic E-state index is 0.0467. The molecule has 1 aromatic heterocycles. The van der Waals surface area contributed by atoms with Crippen LogP contribution in [-0.2, 0) is 4.79 Å². The number of anilines is 2. The van der Waals surface area contributed by atoms with E-state index in [1.54, 1.807) is 38.4 Å². The van der Waals surface area contributed by atoms with Crippen LogP contribution in [0.1, 0.15) is 84.7 Å². The monoisotopic (exact) mass is 555 g/mol. The maximum atomic E-state index is 15.2. The number of nitrogens with zero attached hydrogens (tertiary/aromatic N) is 3. The molecule has 0 radical (unpaired) electrons. The van der Waals surface area contributed by atoms with Crippen LogP contribution in [0.2, 0.25) is 0 Å². The Hall–Kier alpha value is -3.81. The summed E-state index contributed by atoms with van der Waals surface area (Å²) < 4.78 is 15.2. The van der Waals surface area contributed by atoms with Gasteiger partial charge in [-0.15, -0.1) is 0 Å². The minimum atomic E-state index is -0.534. The van der Waals surface area contributed by atoms with E-state index in [1.807, 2.05) is 29.2 Å². The topological polar surface area (TPSA) is 87.2 Å². The van der Waals surface area contributed by atoms with Crippen molar-refractivity contribution >= 4 is 23.2 Å². The molecule has 0 spiro atoms. The highest BCUT2D eigenvalue weighted by molar-refractivity contribution is 5.98. The largest absolute Gasteiger partial charge is 0.382 e. The quantitative estimate of drug-likeness (QED) is 0.358. The van der Waals surface area contributed by atoms with Crippen LogP contribution in [0.15, 0.2) is 54.9 Å². The van der Waals surface area contributed by atoms with Crippen molar-refractivity contribution in [2.24, 2.45) is 11.8 Å². The van der Waals surface area contributed by atoms with Crippen LogP contribution < -0.4 is 10.6 Å². The van der Waals surface area contributed by atoms with Crippen LogP contribution >= 0.6 is 0 Å². The normalized spacial score (nSPS) is 24.2. The van der Waals surface area contributed by atoms with Gasteiger partial charge >= 0.3 is 0 Å². The minimum Gasteiger partial charge on any atom is -0.382 e. The number of carbonyl (C=O) groups is 2. The molecule has 1 saturated heterocycles. The van der Waals surface area contributed by atoms with E-state index in [1.165, 1.54) is 31.7 Å². The molecule has 8 heteroatoms. The molecule has 2 aliphatic carbocycles. The maximum absolute atomic E-state index is 15.2. The van der Waals surface area contributed by atoms with E-state index in [0.717, 1.165) is 30.5 Å². The predicted octanol–water partition coefficient (Wildman–Crippen LogP) is 6.60. The van der Waals surface area contributed by atoms with Crippen molar-refractivity contribution < 1.29 is 14.0 Å². The fraction of sp³-hybridized carbons (Fsp3) is 0.455. The van der Waals surface area contributed by atoms with Gasteiger partial charge in [-0.1, -0.05) is 43.5 Å². The Labute approximate surface area is 241 Å². The summed E-state index contributed by atoms with van der Waals surface area (Å²) in [4.78, 5) is 38.6. The third-order valence-electron chi connectivity index (χ3n) is 9.25. The highest BCUT2D eigenvalue weighted by Gasteiger charge is 2.50. The Morgan fingerprint density at radius 3 is 2.34 bits per heavy atom. The molecule has 41 heavy (non-hydrogen) atoms. The van der Waals surface area contributed by atoms with Crippen molar-refractivity contribution in [3.63, 3.8) is 0 Å². The van der Waals surface area contributed by atoms with Crippen molar-refractivity contribution in [1.29, 1.82) is 0 Å². The van der Waals surface area contributed by atoms with Gasteiger partial charge in [0.05, 0.1) is 35.6 Å². The van der Waals surface area contributed by atoms with Gasteiger partial charge in [0, 0.05) is 17.8 Å². The van der Waals surface area contributed by atoms with Crippen LogP contribution in [0.4, 0.5) is 15.8 Å². The van der Waals surface area contributed by atoms with Gasteiger partial charge in [-0.2, -0.15) is 0 Å². The van der Waals surface area contributed by atoms with Crippen molar-refractivity contribution in [3.8, 4) is 0 Å². The number of amides is 2. The molecule has 2 saturated carbocycles. The Morgan fingerprint density at radius 1 is 0.902 bits per heavy atom. The molecule has 3 aromatic rings. The summed E-state index contributed by atoms with van der Waals surface area (Å²) in [6.45, 7) is 3.56. The molecule has 7 nitrogen and oxygen atoms in total. The van der Waals surface area contributed by atoms with Gasteiger partial charge in [0.25, 0.3) is 5.91 Å². The highest BCUT2D eigenvalue weighted by Crippen LogP contribution is 2.49. The lowest BCUT2D eigenvalue weighted by molar-refractivity contribution is -0.125. The van der Waals surface area contributed by atoms with E-state index in [0.29, 0.717) is 29.5 Å². The lowest BCUT2D eigenvalue weighted by Gasteiger charge is -2.48. The van der Waals surface area contributed by atoms with E-state index in [9.17, 15) is 9.59 Å². The third kappa shape index (κ3) is 5.56. The Kier molecular flexibility index (Phi) is 7.73. The molecule has 1 aliphatic heterocycles. The number of halogens is 1. The maximum Gasteiger partial charge on any atom is 0.257 e. The van der Waals surface area contributed by atoms with Gasteiger partial charge in [0.2, 0.25) is 5.91 Å². The zero-order valence-electron chi connectivity index (χ0n) is 23.8. The lowest BCUT2D eigenvalue weighted by atomic mass is 9.76. The summed E-state index contributed by atoms with van der Waals surface area (Å²) in [6.07, 6.45) is 11.5.